The van der Waals surface area contributed by atoms with E-state index in [-0.39, 0.29) is 0 Å². The van der Waals surface area contributed by atoms with Gasteiger partial charge >= 0.3 is 0 Å². The lowest BCUT2D eigenvalue weighted by atomic mass is 9.89. The zero-order valence-corrected chi connectivity index (χ0v) is 26.4. The summed E-state index contributed by atoms with van der Waals surface area (Å²) >= 11 is 0. The van der Waals surface area contributed by atoms with Gasteiger partial charge in [-0.1, -0.05) is 84.9 Å². The van der Waals surface area contributed by atoms with Crippen LogP contribution in [-0.4, -0.2) is 35.2 Å². The van der Waals surface area contributed by atoms with E-state index in [1.807, 2.05) is 0 Å². The van der Waals surface area contributed by atoms with Crippen molar-refractivity contribution in [3.8, 4) is 0 Å². The van der Waals surface area contributed by atoms with Gasteiger partial charge in [0.05, 0.1) is 13.3 Å². The summed E-state index contributed by atoms with van der Waals surface area (Å²) in [6, 6.07) is 14.8. The Kier molecular flexibility index (Phi) is 8.73. The smallest absolute Gasteiger partial charge is 0.0989 e. The molecule has 0 spiro atoms. The Bertz CT molecular complexity index is 1180. The van der Waals surface area contributed by atoms with E-state index in [1.165, 1.54) is 39.3 Å². The average molecular weight is 529 g/mol. The fourth-order valence-electron chi connectivity index (χ4n) is 6.12. The number of para-hydroxylation sites is 2. The molecule has 0 saturated heterocycles. The van der Waals surface area contributed by atoms with Crippen LogP contribution in [0, 0.1) is 0 Å². The van der Waals surface area contributed by atoms with Crippen molar-refractivity contribution in [3.63, 3.8) is 0 Å². The molecule has 2 heterocycles. The van der Waals surface area contributed by atoms with E-state index in [2.05, 4.69) is 151 Å². The summed E-state index contributed by atoms with van der Waals surface area (Å²) < 4.78 is 0. The lowest BCUT2D eigenvalue weighted by Gasteiger charge is -2.34. The first kappa shape index (κ1) is 29.1. The zero-order chi connectivity index (χ0) is 28.6. The molecule has 0 aliphatic carbocycles. The second-order valence-electron chi connectivity index (χ2n) is 13.0. The second kappa shape index (κ2) is 11.7. The van der Waals surface area contributed by atoms with E-state index < -0.39 is 0 Å². The summed E-state index contributed by atoms with van der Waals surface area (Å²) in [5.74, 6) is 1.68. The highest BCUT2D eigenvalue weighted by molar-refractivity contribution is 5.71. The van der Waals surface area contributed by atoms with Gasteiger partial charge in [0.1, 0.15) is 0 Å². The molecule has 0 N–H and O–H groups in total. The van der Waals surface area contributed by atoms with Crippen molar-refractivity contribution < 1.29 is 0 Å². The van der Waals surface area contributed by atoms with Crippen LogP contribution in [0.25, 0.3) is 0 Å². The molecule has 39 heavy (non-hydrogen) atoms. The molecule has 212 valence electrons. The minimum Gasteiger partial charge on any atom is -0.356 e. The van der Waals surface area contributed by atoms with Crippen LogP contribution in [0.3, 0.4) is 0 Å². The minimum absolute atomic E-state index is 0.293. The summed E-state index contributed by atoms with van der Waals surface area (Å²) in [4.78, 5) is 10.0. The third-order valence-corrected chi connectivity index (χ3v) is 8.51. The fourth-order valence-corrected chi connectivity index (χ4v) is 6.12. The quantitative estimate of drug-likeness (QED) is 0.322. The van der Waals surface area contributed by atoms with Gasteiger partial charge in [-0.25, -0.2) is 0 Å². The van der Waals surface area contributed by atoms with Gasteiger partial charge in [0.15, 0.2) is 0 Å². The summed E-state index contributed by atoms with van der Waals surface area (Å²) in [7, 11) is 0. The topological polar surface area (TPSA) is 13.0 Å². The van der Waals surface area contributed by atoms with Gasteiger partial charge in [-0.3, -0.25) is 0 Å². The molecule has 2 aromatic carbocycles. The maximum Gasteiger partial charge on any atom is 0.0989 e. The van der Waals surface area contributed by atoms with Crippen LogP contribution < -0.4 is 9.80 Å². The molecule has 1 unspecified atom stereocenters. The Morgan fingerprint density at radius 3 is 1.38 bits per heavy atom. The van der Waals surface area contributed by atoms with Crippen LogP contribution in [0.15, 0.2) is 60.7 Å². The van der Waals surface area contributed by atoms with Gasteiger partial charge in [0, 0.05) is 53.7 Å². The van der Waals surface area contributed by atoms with E-state index in [0.717, 1.165) is 13.3 Å². The zero-order valence-electron chi connectivity index (χ0n) is 26.4. The molecular formula is C35H52N4. The summed E-state index contributed by atoms with van der Waals surface area (Å²) in [6.07, 6.45) is 7.03. The molecule has 2 aliphatic rings. The number of anilines is 2. The summed E-state index contributed by atoms with van der Waals surface area (Å²) in [6.45, 7) is 27.3. The molecule has 0 radical (unpaired) electrons. The highest BCUT2D eigenvalue weighted by atomic mass is 15.4. The average Bonchev–Trinajstić information content (AvgIpc) is 3.55. The van der Waals surface area contributed by atoms with Gasteiger partial charge in [-0.2, -0.15) is 0 Å². The third-order valence-electron chi connectivity index (χ3n) is 8.51. The number of nitrogens with zero attached hydrogens (tertiary/aromatic N) is 4. The highest BCUT2D eigenvalue weighted by Gasteiger charge is 2.32. The van der Waals surface area contributed by atoms with Crippen molar-refractivity contribution in [1.82, 2.24) is 9.80 Å². The molecule has 1 atom stereocenters. The minimum atomic E-state index is 0.293. The molecule has 4 heteroatoms. The van der Waals surface area contributed by atoms with Gasteiger partial charge in [-0.05, 0) is 67.7 Å². The molecule has 0 bridgehead atoms. The van der Waals surface area contributed by atoms with E-state index in [0.29, 0.717) is 35.8 Å². The Balaban J connectivity index is 1.77. The largest absolute Gasteiger partial charge is 0.356 e. The number of benzene rings is 2. The van der Waals surface area contributed by atoms with Gasteiger partial charge in [-0.15, -0.1) is 0 Å². The SMILES string of the molecule is CC(C)c1cccc(C(C)C)c1N1C=CN(c2c(C(C)C)cccc2C(C)C2=CN(C(C)C)CN2C(C)C)C1. The molecule has 0 amide bonds. The molecule has 4 nitrogen and oxygen atoms in total. The van der Waals surface area contributed by atoms with Crippen molar-refractivity contribution in [3.05, 3.63) is 82.9 Å². The first-order valence-electron chi connectivity index (χ1n) is 15.1. The van der Waals surface area contributed by atoms with Crippen LogP contribution in [0.5, 0.6) is 0 Å². The predicted molar refractivity (Wildman–Crippen MR) is 169 cm³/mol. The predicted octanol–water partition coefficient (Wildman–Crippen LogP) is 9.15. The molecule has 0 saturated carbocycles. The number of hydrogen-bond donors (Lipinski definition) is 0. The number of hydrogen-bond acceptors (Lipinski definition) is 4. The monoisotopic (exact) mass is 528 g/mol. The Morgan fingerprint density at radius 2 is 0.974 bits per heavy atom. The van der Waals surface area contributed by atoms with Gasteiger partial charge in [0.2, 0.25) is 0 Å². The highest BCUT2D eigenvalue weighted by Crippen LogP contribution is 2.43. The van der Waals surface area contributed by atoms with Crippen molar-refractivity contribution in [2.45, 2.75) is 112 Å². The maximum atomic E-state index is 2.58. The van der Waals surface area contributed by atoms with E-state index in [4.69, 9.17) is 0 Å². The van der Waals surface area contributed by atoms with Crippen LogP contribution >= 0.6 is 0 Å². The lowest BCUT2D eigenvalue weighted by Crippen LogP contribution is -2.36. The normalized spacial score (nSPS) is 16.8. The third kappa shape index (κ3) is 5.71. The molecule has 2 aromatic rings. The maximum absolute atomic E-state index is 2.58. The number of rotatable bonds is 9. The first-order chi connectivity index (χ1) is 18.4. The van der Waals surface area contributed by atoms with Gasteiger partial charge < -0.3 is 19.6 Å². The lowest BCUT2D eigenvalue weighted by molar-refractivity contribution is 0.190. The van der Waals surface area contributed by atoms with Crippen molar-refractivity contribution in [1.29, 1.82) is 0 Å². The molecular weight excluding hydrogens is 476 g/mol. The number of allylic oxidation sites excluding steroid dienone is 1. The van der Waals surface area contributed by atoms with Crippen LogP contribution in [0.2, 0.25) is 0 Å². The molecule has 0 fully saturated rings. The summed E-state index contributed by atoms with van der Waals surface area (Å²) in [5, 5.41) is 0. The van der Waals surface area contributed by atoms with Crippen LogP contribution in [0.1, 0.15) is 122 Å². The Hall–Kier alpha value is -2.88. The Morgan fingerprint density at radius 1 is 0.538 bits per heavy atom. The van der Waals surface area contributed by atoms with E-state index in [1.54, 1.807) is 0 Å². The summed E-state index contributed by atoms with van der Waals surface area (Å²) in [5.41, 5.74) is 9.87. The van der Waals surface area contributed by atoms with E-state index >= 15 is 0 Å². The van der Waals surface area contributed by atoms with Crippen molar-refractivity contribution in [2.24, 2.45) is 0 Å². The standard InChI is InChI=1S/C35H52N4/c1-23(2)29-14-12-15-30(24(3)4)34(29)36-18-19-37(21-36)35-31(25(5)6)16-13-17-32(35)28(11)33-20-38(26(7)8)22-39(33)27(9)10/h12-20,23-28H,21-22H2,1-11H3. The molecule has 0 aromatic heterocycles. The first-order valence-corrected chi connectivity index (χ1v) is 15.1. The van der Waals surface area contributed by atoms with E-state index in [9.17, 15) is 0 Å². The second-order valence-corrected chi connectivity index (χ2v) is 13.0. The van der Waals surface area contributed by atoms with Crippen molar-refractivity contribution >= 4 is 11.4 Å². The van der Waals surface area contributed by atoms with Crippen LogP contribution in [0.4, 0.5) is 11.4 Å². The Labute approximate surface area is 239 Å². The van der Waals surface area contributed by atoms with Gasteiger partial charge in [0.25, 0.3) is 0 Å². The molecule has 2 aliphatic heterocycles. The fraction of sp³-hybridized carbons (Fsp3) is 0.543. The molecule has 4 rings (SSSR count). The van der Waals surface area contributed by atoms with Crippen LogP contribution in [-0.2, 0) is 0 Å². The van der Waals surface area contributed by atoms with Crippen molar-refractivity contribution in [2.75, 3.05) is 23.1 Å².